The first-order chi connectivity index (χ1) is 11.5. The van der Waals surface area contributed by atoms with Crippen molar-refractivity contribution in [3.63, 3.8) is 0 Å². The van der Waals surface area contributed by atoms with Gasteiger partial charge in [-0.2, -0.15) is 0 Å². The predicted molar refractivity (Wildman–Crippen MR) is 98.2 cm³/mol. The number of fused-ring (bicyclic) bond motifs is 1. The zero-order chi connectivity index (χ0) is 17.3. The Morgan fingerprint density at radius 2 is 1.96 bits per heavy atom. The van der Waals surface area contributed by atoms with Gasteiger partial charge in [-0.15, -0.1) is 0 Å². The quantitative estimate of drug-likeness (QED) is 0.875. The summed E-state index contributed by atoms with van der Waals surface area (Å²) in [6.07, 6.45) is 0.671. The van der Waals surface area contributed by atoms with Gasteiger partial charge in [0.2, 0.25) is 11.2 Å². The van der Waals surface area contributed by atoms with E-state index in [1.54, 1.807) is 17.4 Å². The summed E-state index contributed by atoms with van der Waals surface area (Å²) in [5.41, 5.74) is 2.49. The second-order valence-corrected chi connectivity index (χ2v) is 7.49. The third-order valence-corrected chi connectivity index (χ3v) is 5.75. The van der Waals surface area contributed by atoms with Crippen molar-refractivity contribution in [3.8, 4) is 0 Å². The van der Waals surface area contributed by atoms with Crippen molar-refractivity contribution in [2.75, 3.05) is 29.3 Å². The van der Waals surface area contributed by atoms with E-state index in [1.807, 2.05) is 35.6 Å². The van der Waals surface area contributed by atoms with Crippen LogP contribution < -0.4 is 13.9 Å². The summed E-state index contributed by atoms with van der Waals surface area (Å²) >= 11 is 4.66. The molecule has 0 fully saturated rings. The molecule has 24 heavy (non-hydrogen) atoms. The van der Waals surface area contributed by atoms with Crippen LogP contribution >= 0.6 is 11.6 Å². The Labute approximate surface area is 148 Å². The Morgan fingerprint density at radius 1 is 1.25 bits per heavy atom. The van der Waals surface area contributed by atoms with Crippen molar-refractivity contribution in [3.05, 3.63) is 58.9 Å². The molecule has 7 heteroatoms. The average Bonchev–Trinajstić information content (AvgIpc) is 2.80. The Morgan fingerprint density at radius 3 is 2.62 bits per heavy atom. The summed E-state index contributed by atoms with van der Waals surface area (Å²) in [5.74, 6) is -0.390. The monoisotopic (exact) mass is 367 g/mol. The van der Waals surface area contributed by atoms with Gasteiger partial charge in [0.1, 0.15) is 5.82 Å². The topological polar surface area (TPSA) is 35.6 Å². The zero-order valence-electron chi connectivity index (χ0n) is 13.5. The van der Waals surface area contributed by atoms with E-state index in [9.17, 15) is 8.60 Å². The fourth-order valence-corrected chi connectivity index (χ4v) is 4.55. The van der Waals surface area contributed by atoms with Gasteiger partial charge in [0.05, 0.1) is 17.4 Å². The van der Waals surface area contributed by atoms with Crippen molar-refractivity contribution in [2.45, 2.75) is 12.5 Å². The summed E-state index contributed by atoms with van der Waals surface area (Å²) in [5, 5.41) is 3.44. The van der Waals surface area contributed by atoms with Gasteiger partial charge in [0, 0.05) is 12.1 Å². The minimum atomic E-state index is -1.38. The summed E-state index contributed by atoms with van der Waals surface area (Å²) in [6.45, 7) is 0.707. The van der Waals surface area contributed by atoms with E-state index in [0.29, 0.717) is 23.6 Å². The van der Waals surface area contributed by atoms with Crippen LogP contribution in [0.4, 0.5) is 15.8 Å². The van der Waals surface area contributed by atoms with Gasteiger partial charge < -0.3 is 5.32 Å². The molecule has 1 heterocycles. The van der Waals surface area contributed by atoms with Crippen LogP contribution in [0.5, 0.6) is 0 Å². The molecule has 4 nitrogen and oxygen atoms in total. The molecule has 128 valence electrons. The maximum absolute atomic E-state index is 13.9. The maximum Gasteiger partial charge on any atom is 0.226 e. The van der Waals surface area contributed by atoms with E-state index in [-0.39, 0.29) is 6.04 Å². The molecule has 2 aromatic rings. The second kappa shape index (κ2) is 7.09. The first-order valence-electron chi connectivity index (χ1n) is 7.67. The Kier molecular flexibility index (Phi) is 5.08. The minimum Gasteiger partial charge on any atom is -0.320 e. The smallest absolute Gasteiger partial charge is 0.226 e. The first-order valence-corrected chi connectivity index (χ1v) is 9.11. The molecule has 1 aliphatic rings. The number of halogens is 2. The molecule has 2 unspecified atom stereocenters. The lowest BCUT2D eigenvalue weighted by atomic mass is 10.0. The van der Waals surface area contributed by atoms with Gasteiger partial charge in [-0.3, -0.25) is 8.61 Å². The molecule has 0 saturated carbocycles. The molecule has 3 rings (SSSR count). The van der Waals surface area contributed by atoms with Crippen LogP contribution in [-0.4, -0.2) is 24.8 Å². The SMILES string of the molecule is CNCCC(c1cc(F)cc(Cl)c1)N1c2ccccc2N(C)S1=O. The Balaban J connectivity index is 2.08. The van der Waals surface area contributed by atoms with Gasteiger partial charge in [-0.25, -0.2) is 8.60 Å². The van der Waals surface area contributed by atoms with Crippen molar-refractivity contribution >= 4 is 34.1 Å². The fraction of sp³-hybridized carbons (Fsp3) is 0.294. The normalized spacial score (nSPS) is 17.9. The summed E-state index contributed by atoms with van der Waals surface area (Å²) < 4.78 is 30.3. The third-order valence-electron chi connectivity index (χ3n) is 4.08. The minimum absolute atomic E-state index is 0.252. The van der Waals surface area contributed by atoms with Crippen LogP contribution in [0, 0.1) is 5.82 Å². The van der Waals surface area contributed by atoms with Gasteiger partial charge in [-0.05, 0) is 55.9 Å². The predicted octanol–water partition coefficient (Wildman–Crippen LogP) is 3.66. The van der Waals surface area contributed by atoms with Crippen molar-refractivity contribution in [1.29, 1.82) is 0 Å². The molecule has 0 spiro atoms. The lowest BCUT2D eigenvalue weighted by molar-refractivity contribution is 0.593. The van der Waals surface area contributed by atoms with Gasteiger partial charge in [-0.1, -0.05) is 23.7 Å². The van der Waals surface area contributed by atoms with Crippen LogP contribution in [0.1, 0.15) is 18.0 Å². The van der Waals surface area contributed by atoms with Gasteiger partial charge in [0.25, 0.3) is 0 Å². The lowest BCUT2D eigenvalue weighted by Gasteiger charge is -2.29. The molecular weight excluding hydrogens is 349 g/mol. The van der Waals surface area contributed by atoms with Crippen LogP contribution in [-0.2, 0) is 11.2 Å². The summed E-state index contributed by atoms with van der Waals surface area (Å²) in [4.78, 5) is 0. The molecule has 1 N–H and O–H groups in total. The molecule has 0 aromatic heterocycles. The number of nitrogens with zero attached hydrogens (tertiary/aromatic N) is 2. The largest absolute Gasteiger partial charge is 0.320 e. The third kappa shape index (κ3) is 3.14. The van der Waals surface area contributed by atoms with Crippen LogP contribution in [0.15, 0.2) is 42.5 Å². The van der Waals surface area contributed by atoms with E-state index in [0.717, 1.165) is 11.4 Å². The number of hydrogen-bond donors (Lipinski definition) is 1. The van der Waals surface area contributed by atoms with Gasteiger partial charge >= 0.3 is 0 Å². The van der Waals surface area contributed by atoms with Crippen molar-refractivity contribution in [1.82, 2.24) is 5.32 Å². The van der Waals surface area contributed by atoms with Crippen molar-refractivity contribution < 1.29 is 8.60 Å². The Hall–Kier alpha value is -1.63. The molecule has 2 aromatic carbocycles. The van der Waals surface area contributed by atoms with E-state index >= 15 is 0 Å². The Bertz CT molecular complexity index is 753. The maximum atomic E-state index is 13.9. The molecule has 0 saturated heterocycles. The molecule has 2 atom stereocenters. The standard InChI is InChI=1S/C17H19ClFN3OS/c1-20-8-7-15(12-9-13(18)11-14(19)10-12)22-17-6-4-3-5-16(17)21(2)24(22)23/h3-6,9-11,15,20H,7-8H2,1-2H3. The highest BCUT2D eigenvalue weighted by molar-refractivity contribution is 7.88. The van der Waals surface area contributed by atoms with Crippen LogP contribution in [0.3, 0.4) is 0 Å². The highest BCUT2D eigenvalue weighted by Gasteiger charge is 2.36. The number of benzene rings is 2. The molecular formula is C17H19ClFN3OS. The molecule has 0 bridgehead atoms. The van der Waals surface area contributed by atoms with E-state index in [1.165, 1.54) is 12.1 Å². The summed E-state index contributed by atoms with van der Waals surface area (Å²) in [6, 6.07) is 11.9. The van der Waals surface area contributed by atoms with E-state index < -0.39 is 17.0 Å². The van der Waals surface area contributed by atoms with Crippen molar-refractivity contribution in [2.24, 2.45) is 0 Å². The number of hydrogen-bond acceptors (Lipinski definition) is 2. The zero-order valence-corrected chi connectivity index (χ0v) is 15.1. The molecule has 0 aliphatic carbocycles. The highest BCUT2D eigenvalue weighted by Crippen LogP contribution is 2.44. The first kappa shape index (κ1) is 17.2. The molecule has 0 amide bonds. The summed E-state index contributed by atoms with van der Waals surface area (Å²) in [7, 11) is 3.65. The number of anilines is 2. The molecule has 1 aliphatic heterocycles. The van der Waals surface area contributed by atoms with Crippen LogP contribution in [0.2, 0.25) is 5.02 Å². The molecule has 0 radical (unpaired) electrons. The fourth-order valence-electron chi connectivity index (χ4n) is 2.96. The van der Waals surface area contributed by atoms with Gasteiger partial charge in [0.15, 0.2) is 0 Å². The number of para-hydroxylation sites is 2. The highest BCUT2D eigenvalue weighted by atomic mass is 35.5. The average molecular weight is 368 g/mol. The van der Waals surface area contributed by atoms with E-state index in [2.05, 4.69) is 5.32 Å². The van der Waals surface area contributed by atoms with E-state index in [4.69, 9.17) is 11.6 Å². The second-order valence-electron chi connectivity index (χ2n) is 5.65. The van der Waals surface area contributed by atoms with Crippen LogP contribution in [0.25, 0.3) is 0 Å². The number of nitrogens with one attached hydrogen (secondary N) is 1. The lowest BCUT2D eigenvalue weighted by Crippen LogP contribution is -2.34. The number of rotatable bonds is 5.